The third-order valence-corrected chi connectivity index (χ3v) is 3.68. The molecule has 6 nitrogen and oxygen atoms in total. The number of aromatic nitrogens is 2. The highest BCUT2D eigenvalue weighted by Crippen LogP contribution is 2.19. The Hall–Kier alpha value is -1.43. The molecule has 1 atom stereocenters. The fourth-order valence-corrected chi connectivity index (χ4v) is 2.55. The molecule has 0 radical (unpaired) electrons. The molecule has 1 rings (SSSR count). The molecule has 3 N–H and O–H groups in total. The van der Waals surface area contributed by atoms with Gasteiger partial charge in [0, 0.05) is 30.3 Å². The van der Waals surface area contributed by atoms with E-state index in [0.29, 0.717) is 43.4 Å². The van der Waals surface area contributed by atoms with E-state index >= 15 is 0 Å². The minimum absolute atomic E-state index is 0.0224. The van der Waals surface area contributed by atoms with E-state index in [1.807, 2.05) is 27.7 Å². The Kier molecular flexibility index (Phi) is 6.74. The summed E-state index contributed by atoms with van der Waals surface area (Å²) < 4.78 is 5.23. The van der Waals surface area contributed by atoms with E-state index in [1.165, 1.54) is 0 Å². The first-order valence-corrected chi connectivity index (χ1v) is 8.40. The molecule has 0 spiro atoms. The topological polar surface area (TPSA) is 94.0 Å². The molecule has 0 fully saturated rings. The zero-order valence-electron chi connectivity index (χ0n) is 15.4. The van der Waals surface area contributed by atoms with Crippen molar-refractivity contribution in [3.8, 4) is 0 Å². The van der Waals surface area contributed by atoms with Gasteiger partial charge in [-0.05, 0) is 25.7 Å². The average Bonchev–Trinajstić information content (AvgIpc) is 2.86. The van der Waals surface area contributed by atoms with E-state index in [4.69, 9.17) is 10.3 Å². The van der Waals surface area contributed by atoms with Gasteiger partial charge in [0.1, 0.15) is 0 Å². The van der Waals surface area contributed by atoms with Crippen LogP contribution in [0, 0.1) is 5.92 Å². The molecule has 132 valence electrons. The van der Waals surface area contributed by atoms with Crippen LogP contribution < -0.4 is 11.1 Å². The minimum atomic E-state index is -0.338. The van der Waals surface area contributed by atoms with Crippen LogP contribution in [-0.2, 0) is 16.6 Å². The number of nitrogens with one attached hydrogen (secondary N) is 1. The fraction of sp³-hybridized carbons (Fsp3) is 0.824. The quantitative estimate of drug-likeness (QED) is 0.766. The smallest absolute Gasteiger partial charge is 0.226 e. The van der Waals surface area contributed by atoms with Crippen molar-refractivity contribution >= 4 is 5.91 Å². The highest BCUT2D eigenvalue weighted by molar-refractivity contribution is 5.76. The number of hydrogen-bond acceptors (Lipinski definition) is 5. The lowest BCUT2D eigenvalue weighted by Gasteiger charge is -2.31. The van der Waals surface area contributed by atoms with Crippen molar-refractivity contribution in [3.05, 3.63) is 11.7 Å². The van der Waals surface area contributed by atoms with Crippen molar-refractivity contribution in [1.82, 2.24) is 15.5 Å². The van der Waals surface area contributed by atoms with E-state index in [9.17, 15) is 4.79 Å². The van der Waals surface area contributed by atoms with Crippen molar-refractivity contribution in [1.29, 1.82) is 0 Å². The number of nitrogens with zero attached hydrogens (tertiary/aromatic N) is 2. The fourth-order valence-electron chi connectivity index (χ4n) is 2.55. The highest BCUT2D eigenvalue weighted by atomic mass is 16.5. The van der Waals surface area contributed by atoms with E-state index in [1.54, 1.807) is 0 Å². The second kappa shape index (κ2) is 7.90. The Morgan fingerprint density at radius 1 is 1.30 bits per heavy atom. The molecule has 1 aromatic rings. The molecule has 0 aliphatic carbocycles. The van der Waals surface area contributed by atoms with Crippen LogP contribution in [-0.4, -0.2) is 28.1 Å². The van der Waals surface area contributed by atoms with Crippen molar-refractivity contribution in [2.45, 2.75) is 78.2 Å². The van der Waals surface area contributed by atoms with Crippen LogP contribution in [0.1, 0.15) is 72.5 Å². The zero-order valence-corrected chi connectivity index (χ0v) is 15.4. The maximum absolute atomic E-state index is 12.1. The third kappa shape index (κ3) is 6.69. The Balaban J connectivity index is 2.43. The van der Waals surface area contributed by atoms with Gasteiger partial charge in [0.2, 0.25) is 11.8 Å². The molecule has 1 unspecified atom stereocenters. The number of aryl methyl sites for hydroxylation is 1. The molecule has 0 saturated carbocycles. The van der Waals surface area contributed by atoms with Crippen LogP contribution >= 0.6 is 0 Å². The summed E-state index contributed by atoms with van der Waals surface area (Å²) in [5.74, 6) is 1.79. The molecule has 0 saturated heterocycles. The average molecular weight is 324 g/mol. The van der Waals surface area contributed by atoms with E-state index < -0.39 is 0 Å². The Labute approximate surface area is 139 Å². The summed E-state index contributed by atoms with van der Waals surface area (Å²) in [5.41, 5.74) is 5.35. The highest BCUT2D eigenvalue weighted by Gasteiger charge is 2.25. The van der Waals surface area contributed by atoms with Crippen LogP contribution in [0.2, 0.25) is 0 Å². The lowest BCUT2D eigenvalue weighted by molar-refractivity contribution is -0.123. The van der Waals surface area contributed by atoms with Crippen molar-refractivity contribution < 1.29 is 9.32 Å². The van der Waals surface area contributed by atoms with Crippen LogP contribution in [0.5, 0.6) is 0 Å². The molecule has 0 aliphatic heterocycles. The van der Waals surface area contributed by atoms with Gasteiger partial charge in [-0.1, -0.05) is 39.8 Å². The Morgan fingerprint density at radius 2 is 1.96 bits per heavy atom. The SMILES string of the molecule is CC(C)CC(C)(CN)NC(=O)CCCc1nc(C(C)(C)C)no1. The summed E-state index contributed by atoms with van der Waals surface area (Å²) in [6.45, 7) is 12.8. The maximum atomic E-state index is 12.1. The Morgan fingerprint density at radius 3 is 2.43 bits per heavy atom. The first kappa shape index (κ1) is 19.6. The first-order valence-electron chi connectivity index (χ1n) is 8.40. The monoisotopic (exact) mass is 324 g/mol. The van der Waals surface area contributed by atoms with Crippen molar-refractivity contribution in [2.24, 2.45) is 11.7 Å². The number of amides is 1. The number of carbonyl (C=O) groups excluding carboxylic acids is 1. The van der Waals surface area contributed by atoms with Gasteiger partial charge >= 0.3 is 0 Å². The van der Waals surface area contributed by atoms with Crippen LogP contribution in [0.25, 0.3) is 0 Å². The second-order valence-corrected chi connectivity index (χ2v) is 8.03. The van der Waals surface area contributed by atoms with E-state index in [2.05, 4.69) is 29.3 Å². The number of carbonyl (C=O) groups is 1. The van der Waals surface area contributed by atoms with Crippen molar-refractivity contribution in [2.75, 3.05) is 6.54 Å². The predicted molar refractivity (Wildman–Crippen MR) is 91.0 cm³/mol. The van der Waals surface area contributed by atoms with Gasteiger partial charge in [0.05, 0.1) is 0 Å². The van der Waals surface area contributed by atoms with Crippen LogP contribution in [0.15, 0.2) is 4.52 Å². The van der Waals surface area contributed by atoms with Gasteiger partial charge in [-0.15, -0.1) is 0 Å². The van der Waals surface area contributed by atoms with Gasteiger partial charge < -0.3 is 15.6 Å². The maximum Gasteiger partial charge on any atom is 0.226 e. The van der Waals surface area contributed by atoms with Gasteiger partial charge in [0.25, 0.3) is 0 Å². The molecule has 23 heavy (non-hydrogen) atoms. The molecule has 0 aromatic carbocycles. The van der Waals surface area contributed by atoms with Gasteiger partial charge in [-0.3, -0.25) is 4.79 Å². The summed E-state index contributed by atoms with van der Waals surface area (Å²) >= 11 is 0. The minimum Gasteiger partial charge on any atom is -0.350 e. The summed E-state index contributed by atoms with van der Waals surface area (Å²) in [6, 6.07) is 0. The van der Waals surface area contributed by atoms with Crippen LogP contribution in [0.4, 0.5) is 0 Å². The molecule has 6 heteroatoms. The van der Waals surface area contributed by atoms with E-state index in [-0.39, 0.29) is 16.9 Å². The summed E-state index contributed by atoms with van der Waals surface area (Å²) in [6.07, 6.45) is 2.59. The summed E-state index contributed by atoms with van der Waals surface area (Å²) in [5, 5.41) is 7.05. The predicted octanol–water partition coefficient (Wildman–Crippen LogP) is 2.57. The standard InChI is InChI=1S/C17H32N4O2/c1-12(2)10-17(6,11-18)20-13(22)8-7-9-14-19-15(21-23-14)16(3,4)5/h12H,7-11,18H2,1-6H3,(H,20,22). The summed E-state index contributed by atoms with van der Waals surface area (Å²) in [4.78, 5) is 16.5. The van der Waals surface area contributed by atoms with Crippen molar-refractivity contribution in [3.63, 3.8) is 0 Å². The zero-order chi connectivity index (χ0) is 17.7. The second-order valence-electron chi connectivity index (χ2n) is 8.03. The largest absolute Gasteiger partial charge is 0.350 e. The lowest BCUT2D eigenvalue weighted by Crippen LogP contribution is -2.52. The molecular formula is C17H32N4O2. The normalized spacial score (nSPS) is 14.8. The van der Waals surface area contributed by atoms with E-state index in [0.717, 1.165) is 6.42 Å². The molecule has 1 heterocycles. The molecule has 0 aliphatic rings. The number of hydrogen-bond donors (Lipinski definition) is 2. The van der Waals surface area contributed by atoms with Gasteiger partial charge in [0.15, 0.2) is 5.82 Å². The molecule has 0 bridgehead atoms. The molecule has 1 amide bonds. The van der Waals surface area contributed by atoms with Gasteiger partial charge in [-0.2, -0.15) is 4.98 Å². The summed E-state index contributed by atoms with van der Waals surface area (Å²) in [7, 11) is 0. The lowest BCUT2D eigenvalue weighted by atomic mass is 9.90. The Bertz CT molecular complexity index is 505. The van der Waals surface area contributed by atoms with Gasteiger partial charge in [-0.25, -0.2) is 0 Å². The molecular weight excluding hydrogens is 292 g/mol. The number of nitrogens with two attached hydrogens (primary N) is 1. The third-order valence-electron chi connectivity index (χ3n) is 3.68. The van der Waals surface area contributed by atoms with Crippen LogP contribution in [0.3, 0.4) is 0 Å². The first-order chi connectivity index (χ1) is 10.6. The molecule has 1 aromatic heterocycles. The number of rotatable bonds is 8.